The minimum Gasteiger partial charge on any atom is -0.340 e. The molecule has 1 aromatic rings. The number of carbonyl (C=O) groups is 2. The van der Waals surface area contributed by atoms with Gasteiger partial charge in [-0.1, -0.05) is 30.3 Å². The maximum Gasteiger partial charge on any atom is 0.223 e. The third-order valence-electron chi connectivity index (χ3n) is 5.43. The van der Waals surface area contributed by atoms with Gasteiger partial charge in [0.1, 0.15) is 0 Å². The lowest BCUT2D eigenvalue weighted by molar-refractivity contribution is -0.134. The van der Waals surface area contributed by atoms with Gasteiger partial charge >= 0.3 is 0 Å². The molecule has 6 nitrogen and oxygen atoms in total. The quantitative estimate of drug-likeness (QED) is 0.784. The number of nitrogens with zero attached hydrogens (tertiary/aromatic N) is 4. The van der Waals surface area contributed by atoms with E-state index in [1.807, 2.05) is 15.9 Å². The summed E-state index contributed by atoms with van der Waals surface area (Å²) in [5, 5.41) is 0. The summed E-state index contributed by atoms with van der Waals surface area (Å²) in [4.78, 5) is 32.5. The summed E-state index contributed by atoms with van der Waals surface area (Å²) in [5.74, 6) is 0.410. The Hall–Kier alpha value is -1.92. The Labute approximate surface area is 156 Å². The highest BCUT2D eigenvalue weighted by molar-refractivity contribution is 5.76. The fourth-order valence-corrected chi connectivity index (χ4v) is 3.70. The van der Waals surface area contributed by atoms with E-state index in [1.54, 1.807) is 6.92 Å². The van der Waals surface area contributed by atoms with E-state index in [-0.39, 0.29) is 11.8 Å². The molecule has 2 aliphatic rings. The molecule has 0 atom stereocenters. The van der Waals surface area contributed by atoms with Gasteiger partial charge in [-0.05, 0) is 5.56 Å². The van der Waals surface area contributed by atoms with Gasteiger partial charge in [-0.3, -0.25) is 19.4 Å². The van der Waals surface area contributed by atoms with Crippen LogP contribution in [-0.4, -0.2) is 90.3 Å². The van der Waals surface area contributed by atoms with Crippen LogP contribution in [0, 0.1) is 0 Å². The highest BCUT2D eigenvalue weighted by atomic mass is 16.2. The first-order valence-electron chi connectivity index (χ1n) is 9.64. The van der Waals surface area contributed by atoms with Gasteiger partial charge in [-0.2, -0.15) is 0 Å². The molecular formula is C20H30N4O2. The van der Waals surface area contributed by atoms with Crippen molar-refractivity contribution in [3.8, 4) is 0 Å². The van der Waals surface area contributed by atoms with Crippen molar-refractivity contribution in [2.45, 2.75) is 19.9 Å². The second-order valence-corrected chi connectivity index (χ2v) is 7.24. The van der Waals surface area contributed by atoms with Gasteiger partial charge in [0.15, 0.2) is 0 Å². The molecule has 0 unspecified atom stereocenters. The molecule has 26 heavy (non-hydrogen) atoms. The Morgan fingerprint density at radius 2 is 1.38 bits per heavy atom. The third kappa shape index (κ3) is 5.29. The van der Waals surface area contributed by atoms with Gasteiger partial charge in [-0.15, -0.1) is 0 Å². The van der Waals surface area contributed by atoms with Crippen molar-refractivity contribution in [1.82, 2.24) is 19.6 Å². The van der Waals surface area contributed by atoms with Gasteiger partial charge in [0.25, 0.3) is 0 Å². The van der Waals surface area contributed by atoms with E-state index < -0.39 is 0 Å². The Bertz CT molecular complexity index is 591. The molecule has 2 aliphatic heterocycles. The molecule has 2 heterocycles. The largest absolute Gasteiger partial charge is 0.340 e. The molecule has 6 heteroatoms. The van der Waals surface area contributed by atoms with Crippen molar-refractivity contribution in [2.24, 2.45) is 0 Å². The predicted molar refractivity (Wildman–Crippen MR) is 102 cm³/mol. The lowest BCUT2D eigenvalue weighted by Crippen LogP contribution is -2.50. The zero-order chi connectivity index (χ0) is 18.4. The smallest absolute Gasteiger partial charge is 0.223 e. The maximum atomic E-state index is 12.5. The van der Waals surface area contributed by atoms with E-state index in [4.69, 9.17) is 0 Å². The van der Waals surface area contributed by atoms with Crippen molar-refractivity contribution >= 4 is 11.8 Å². The van der Waals surface area contributed by atoms with Crippen LogP contribution in [0.4, 0.5) is 0 Å². The Morgan fingerprint density at radius 1 is 0.808 bits per heavy atom. The molecule has 1 aromatic carbocycles. The monoisotopic (exact) mass is 358 g/mol. The summed E-state index contributed by atoms with van der Waals surface area (Å²) >= 11 is 0. The first kappa shape index (κ1) is 18.9. The molecule has 0 N–H and O–H groups in total. The molecule has 3 rings (SSSR count). The van der Waals surface area contributed by atoms with E-state index in [9.17, 15) is 9.59 Å². The average Bonchev–Trinajstić information content (AvgIpc) is 2.68. The van der Waals surface area contributed by atoms with Crippen LogP contribution >= 0.6 is 0 Å². The van der Waals surface area contributed by atoms with Crippen LogP contribution in [-0.2, 0) is 16.1 Å². The van der Waals surface area contributed by atoms with Gasteiger partial charge in [0.2, 0.25) is 11.8 Å². The van der Waals surface area contributed by atoms with Gasteiger partial charge < -0.3 is 9.80 Å². The second-order valence-electron chi connectivity index (χ2n) is 7.24. The highest BCUT2D eigenvalue weighted by Crippen LogP contribution is 2.10. The van der Waals surface area contributed by atoms with Crippen molar-refractivity contribution in [2.75, 3.05) is 58.9 Å². The number of piperazine rings is 2. The normalized spacial score (nSPS) is 19.6. The summed E-state index contributed by atoms with van der Waals surface area (Å²) in [6.07, 6.45) is 0.582. The average molecular weight is 358 g/mol. The Morgan fingerprint density at radius 3 is 2.00 bits per heavy atom. The van der Waals surface area contributed by atoms with E-state index >= 15 is 0 Å². The predicted octanol–water partition coefficient (Wildman–Crippen LogP) is 0.885. The molecule has 2 fully saturated rings. The van der Waals surface area contributed by atoms with Crippen molar-refractivity contribution < 1.29 is 9.59 Å². The topological polar surface area (TPSA) is 47.1 Å². The van der Waals surface area contributed by atoms with Crippen LogP contribution in [0.25, 0.3) is 0 Å². The lowest BCUT2D eigenvalue weighted by Gasteiger charge is -2.36. The molecule has 2 amide bonds. The van der Waals surface area contributed by atoms with Gasteiger partial charge in [-0.25, -0.2) is 0 Å². The number of rotatable bonds is 5. The van der Waals surface area contributed by atoms with Crippen LogP contribution in [0.3, 0.4) is 0 Å². The number of amides is 2. The number of carbonyl (C=O) groups excluding carboxylic acids is 2. The molecule has 0 bridgehead atoms. The van der Waals surface area contributed by atoms with Crippen LogP contribution in [0.15, 0.2) is 30.3 Å². The number of hydrogen-bond acceptors (Lipinski definition) is 4. The molecule has 0 radical (unpaired) electrons. The van der Waals surface area contributed by atoms with Crippen LogP contribution in [0.5, 0.6) is 0 Å². The summed E-state index contributed by atoms with van der Waals surface area (Å²) in [6.45, 7) is 10.2. The molecule has 0 spiro atoms. The molecular weight excluding hydrogens is 328 g/mol. The third-order valence-corrected chi connectivity index (χ3v) is 5.43. The van der Waals surface area contributed by atoms with E-state index in [1.165, 1.54) is 5.56 Å². The van der Waals surface area contributed by atoms with Gasteiger partial charge in [0, 0.05) is 78.8 Å². The van der Waals surface area contributed by atoms with Crippen molar-refractivity contribution in [3.63, 3.8) is 0 Å². The van der Waals surface area contributed by atoms with Crippen LogP contribution < -0.4 is 0 Å². The van der Waals surface area contributed by atoms with Crippen molar-refractivity contribution in [3.05, 3.63) is 35.9 Å². The molecule has 2 saturated heterocycles. The van der Waals surface area contributed by atoms with Crippen molar-refractivity contribution in [1.29, 1.82) is 0 Å². The fraction of sp³-hybridized carbons (Fsp3) is 0.600. The van der Waals surface area contributed by atoms with Crippen LogP contribution in [0.1, 0.15) is 18.9 Å². The summed E-state index contributed by atoms with van der Waals surface area (Å²) < 4.78 is 0. The first-order valence-corrected chi connectivity index (χ1v) is 9.64. The van der Waals surface area contributed by atoms with E-state index in [0.717, 1.165) is 65.4 Å². The zero-order valence-corrected chi connectivity index (χ0v) is 15.8. The van der Waals surface area contributed by atoms with Crippen LogP contribution in [0.2, 0.25) is 0 Å². The summed E-state index contributed by atoms with van der Waals surface area (Å²) in [7, 11) is 0. The molecule has 0 saturated carbocycles. The zero-order valence-electron chi connectivity index (χ0n) is 15.8. The number of hydrogen-bond donors (Lipinski definition) is 0. The fourth-order valence-electron chi connectivity index (χ4n) is 3.70. The second kappa shape index (κ2) is 9.14. The minimum absolute atomic E-state index is 0.147. The lowest BCUT2D eigenvalue weighted by atomic mass is 10.2. The SMILES string of the molecule is CC(=O)N1CCN(CCC(=O)N2CCN(Cc3ccccc3)CC2)CC1. The molecule has 142 valence electrons. The molecule has 0 aromatic heterocycles. The number of benzene rings is 1. The van der Waals surface area contributed by atoms with E-state index in [0.29, 0.717) is 6.42 Å². The summed E-state index contributed by atoms with van der Waals surface area (Å²) in [6, 6.07) is 10.5. The van der Waals surface area contributed by atoms with Gasteiger partial charge in [0.05, 0.1) is 0 Å². The van der Waals surface area contributed by atoms with E-state index in [2.05, 4.69) is 34.1 Å². The Balaban J connectivity index is 1.34. The standard InChI is InChI=1S/C20H30N4O2/c1-18(25)23-13-9-21(10-14-23)8-7-20(26)24-15-11-22(12-16-24)17-19-5-3-2-4-6-19/h2-6H,7-17H2,1H3. The Kier molecular flexibility index (Phi) is 6.63. The first-order chi connectivity index (χ1) is 12.6. The molecule has 0 aliphatic carbocycles. The maximum absolute atomic E-state index is 12.5. The summed E-state index contributed by atoms with van der Waals surface area (Å²) in [5.41, 5.74) is 1.33. The highest BCUT2D eigenvalue weighted by Gasteiger charge is 2.23. The minimum atomic E-state index is 0.147.